The van der Waals surface area contributed by atoms with Crippen LogP contribution in [0.2, 0.25) is 0 Å². The average molecular weight is 392 g/mol. The first-order valence-electron chi connectivity index (χ1n) is 9.19. The van der Waals surface area contributed by atoms with Crippen molar-refractivity contribution in [2.45, 2.75) is 0 Å². The Kier molecular flexibility index (Phi) is 4.32. The maximum absolute atomic E-state index is 9.71. The number of nitriles is 1. The van der Waals surface area contributed by atoms with Crippen LogP contribution >= 0.6 is 11.3 Å². The molecule has 0 unspecified atom stereocenters. The zero-order valence-corrected chi connectivity index (χ0v) is 16.2. The summed E-state index contributed by atoms with van der Waals surface area (Å²) in [5.41, 5.74) is 6.33. The Labute approximate surface area is 172 Å². The molecule has 0 spiro atoms. The third-order valence-corrected chi connectivity index (χ3v) is 5.82. The third kappa shape index (κ3) is 3.16. The van der Waals surface area contributed by atoms with E-state index < -0.39 is 0 Å². The Hall–Kier alpha value is -3.88. The van der Waals surface area contributed by atoms with Crippen LogP contribution in [0.15, 0.2) is 84.6 Å². The zero-order chi connectivity index (χ0) is 19.6. The number of thiophene rings is 1. The molecule has 138 valence electrons. The minimum absolute atomic E-state index is 0.511. The lowest BCUT2D eigenvalue weighted by atomic mass is 10.00. The van der Waals surface area contributed by atoms with Crippen LogP contribution in [0, 0.1) is 11.3 Å². The van der Waals surface area contributed by atoms with Crippen molar-refractivity contribution in [3.05, 3.63) is 90.2 Å². The van der Waals surface area contributed by atoms with E-state index in [-0.39, 0.29) is 0 Å². The van der Waals surface area contributed by atoms with Crippen molar-refractivity contribution in [1.29, 1.82) is 5.26 Å². The number of pyridine rings is 1. The number of rotatable bonds is 4. The molecule has 3 aromatic heterocycles. The highest BCUT2D eigenvalue weighted by Crippen LogP contribution is 2.36. The predicted octanol–water partition coefficient (Wildman–Crippen LogP) is 6.57. The van der Waals surface area contributed by atoms with Crippen LogP contribution in [-0.2, 0) is 0 Å². The fourth-order valence-corrected chi connectivity index (χ4v) is 4.23. The number of anilines is 2. The first-order valence-corrected chi connectivity index (χ1v) is 10.1. The van der Waals surface area contributed by atoms with E-state index in [4.69, 9.17) is 0 Å². The number of nitrogens with one attached hydrogen (secondary N) is 2. The van der Waals surface area contributed by atoms with E-state index >= 15 is 0 Å². The second-order valence-corrected chi connectivity index (χ2v) is 7.60. The minimum Gasteiger partial charge on any atom is -0.361 e. The molecule has 5 aromatic rings. The van der Waals surface area contributed by atoms with E-state index in [9.17, 15) is 5.26 Å². The van der Waals surface area contributed by atoms with Gasteiger partial charge in [-0.1, -0.05) is 30.3 Å². The first kappa shape index (κ1) is 17.2. The molecule has 0 fully saturated rings. The SMILES string of the molecule is N#Cc1cncc(-c2cccc(-c3cccs3)c2)c1Nc1cccc2[nH]ccc12. The zero-order valence-electron chi connectivity index (χ0n) is 15.4. The molecule has 0 aliphatic rings. The lowest BCUT2D eigenvalue weighted by molar-refractivity contribution is 1.30. The fraction of sp³-hybridized carbons (Fsp3) is 0. The smallest absolute Gasteiger partial charge is 0.103 e. The molecule has 0 saturated heterocycles. The minimum atomic E-state index is 0.511. The Bertz CT molecular complexity index is 1340. The molecule has 5 heteroatoms. The maximum Gasteiger partial charge on any atom is 0.103 e. The fourth-order valence-electron chi connectivity index (χ4n) is 3.51. The highest BCUT2D eigenvalue weighted by atomic mass is 32.1. The van der Waals surface area contributed by atoms with Crippen molar-refractivity contribution in [1.82, 2.24) is 9.97 Å². The molecular weight excluding hydrogens is 376 g/mol. The van der Waals surface area contributed by atoms with Crippen LogP contribution in [0.4, 0.5) is 11.4 Å². The molecule has 5 rings (SSSR count). The Morgan fingerprint density at radius 2 is 1.86 bits per heavy atom. The number of hydrogen-bond acceptors (Lipinski definition) is 4. The van der Waals surface area contributed by atoms with E-state index in [2.05, 4.69) is 57.1 Å². The number of fused-ring (bicyclic) bond motifs is 1. The van der Waals surface area contributed by atoms with Gasteiger partial charge in [0.2, 0.25) is 0 Å². The van der Waals surface area contributed by atoms with Crippen molar-refractivity contribution >= 4 is 33.6 Å². The Morgan fingerprint density at radius 3 is 2.72 bits per heavy atom. The molecule has 2 aromatic carbocycles. The van der Waals surface area contributed by atoms with Crippen LogP contribution in [-0.4, -0.2) is 9.97 Å². The van der Waals surface area contributed by atoms with Crippen molar-refractivity contribution in [2.75, 3.05) is 5.32 Å². The standard InChI is InChI=1S/C24H16N4S/c25-13-18-14-26-15-20(16-4-1-5-17(12-16)23-8-3-11-29-23)24(18)28-22-7-2-6-21-19(22)9-10-27-21/h1-12,14-15,27H,(H,26,28). The van der Waals surface area contributed by atoms with Gasteiger partial charge in [0, 0.05) is 45.6 Å². The molecule has 2 N–H and O–H groups in total. The summed E-state index contributed by atoms with van der Waals surface area (Å²) in [5.74, 6) is 0. The van der Waals surface area contributed by atoms with Gasteiger partial charge in [0.1, 0.15) is 6.07 Å². The summed E-state index contributed by atoms with van der Waals surface area (Å²) < 4.78 is 0. The highest BCUT2D eigenvalue weighted by Gasteiger charge is 2.14. The molecule has 0 radical (unpaired) electrons. The third-order valence-electron chi connectivity index (χ3n) is 4.90. The van der Waals surface area contributed by atoms with Crippen molar-refractivity contribution in [3.63, 3.8) is 0 Å². The van der Waals surface area contributed by atoms with Crippen molar-refractivity contribution in [2.24, 2.45) is 0 Å². The second kappa shape index (κ2) is 7.27. The summed E-state index contributed by atoms with van der Waals surface area (Å²) in [5, 5.41) is 16.4. The van der Waals surface area contributed by atoms with E-state index in [1.54, 1.807) is 17.5 Å². The van der Waals surface area contributed by atoms with E-state index in [1.807, 2.05) is 42.7 Å². The summed E-state index contributed by atoms with van der Waals surface area (Å²) in [6, 6.07) is 22.9. The molecule has 0 amide bonds. The quantitative estimate of drug-likeness (QED) is 0.363. The van der Waals surface area contributed by atoms with Gasteiger partial charge in [-0.2, -0.15) is 5.26 Å². The summed E-state index contributed by atoms with van der Waals surface area (Å²) >= 11 is 1.71. The first-order chi connectivity index (χ1) is 14.3. The lowest BCUT2D eigenvalue weighted by Crippen LogP contribution is -1.98. The molecule has 0 aliphatic heterocycles. The topological polar surface area (TPSA) is 64.5 Å². The second-order valence-electron chi connectivity index (χ2n) is 6.65. The average Bonchev–Trinajstić information content (AvgIpc) is 3.46. The molecule has 0 saturated carbocycles. The monoisotopic (exact) mass is 392 g/mol. The van der Waals surface area contributed by atoms with E-state index in [0.717, 1.165) is 39.0 Å². The summed E-state index contributed by atoms with van der Waals surface area (Å²) in [4.78, 5) is 8.75. The highest BCUT2D eigenvalue weighted by molar-refractivity contribution is 7.13. The molecule has 0 aliphatic carbocycles. The maximum atomic E-state index is 9.71. The summed E-state index contributed by atoms with van der Waals surface area (Å²) in [7, 11) is 0. The van der Waals surface area contributed by atoms with Gasteiger partial charge in [-0.25, -0.2) is 0 Å². The molecule has 4 nitrogen and oxygen atoms in total. The van der Waals surface area contributed by atoms with Gasteiger partial charge in [-0.05, 0) is 46.8 Å². The van der Waals surface area contributed by atoms with Gasteiger partial charge in [-0.3, -0.25) is 4.98 Å². The lowest BCUT2D eigenvalue weighted by Gasteiger charge is -2.15. The van der Waals surface area contributed by atoms with Crippen LogP contribution in [0.5, 0.6) is 0 Å². The van der Waals surface area contributed by atoms with Gasteiger partial charge in [0.25, 0.3) is 0 Å². The normalized spacial score (nSPS) is 10.7. The van der Waals surface area contributed by atoms with Gasteiger partial charge < -0.3 is 10.3 Å². The number of benzene rings is 2. The molecule has 0 atom stereocenters. The number of hydrogen-bond donors (Lipinski definition) is 2. The molecule has 0 bridgehead atoms. The van der Waals surface area contributed by atoms with E-state index in [1.165, 1.54) is 4.88 Å². The molecule has 3 heterocycles. The summed E-state index contributed by atoms with van der Waals surface area (Å²) in [6.45, 7) is 0. The van der Waals surface area contributed by atoms with E-state index in [0.29, 0.717) is 5.56 Å². The largest absolute Gasteiger partial charge is 0.361 e. The van der Waals surface area contributed by atoms with Crippen LogP contribution in [0.1, 0.15) is 5.56 Å². The van der Waals surface area contributed by atoms with Crippen LogP contribution in [0.3, 0.4) is 0 Å². The number of aromatic amines is 1. The van der Waals surface area contributed by atoms with Gasteiger partial charge in [0.15, 0.2) is 0 Å². The van der Waals surface area contributed by atoms with Crippen molar-refractivity contribution < 1.29 is 0 Å². The Morgan fingerprint density at radius 1 is 0.966 bits per heavy atom. The van der Waals surface area contributed by atoms with Crippen LogP contribution in [0.25, 0.3) is 32.5 Å². The van der Waals surface area contributed by atoms with Gasteiger partial charge >= 0.3 is 0 Å². The van der Waals surface area contributed by atoms with Crippen molar-refractivity contribution in [3.8, 4) is 27.6 Å². The summed E-state index contributed by atoms with van der Waals surface area (Å²) in [6.07, 6.45) is 5.33. The number of aromatic nitrogens is 2. The van der Waals surface area contributed by atoms with Gasteiger partial charge in [-0.15, -0.1) is 11.3 Å². The molecular formula is C24H16N4S. The predicted molar refractivity (Wildman–Crippen MR) is 119 cm³/mol. The Balaban J connectivity index is 1.65. The number of nitrogens with zero attached hydrogens (tertiary/aromatic N) is 2. The number of H-pyrrole nitrogens is 1. The van der Waals surface area contributed by atoms with Gasteiger partial charge in [0.05, 0.1) is 11.3 Å². The van der Waals surface area contributed by atoms with Crippen LogP contribution < -0.4 is 5.32 Å². The molecule has 29 heavy (non-hydrogen) atoms.